The average Bonchev–Trinajstić information content (AvgIpc) is 2.83. The van der Waals surface area contributed by atoms with Crippen molar-refractivity contribution in [3.63, 3.8) is 0 Å². The first-order valence-corrected chi connectivity index (χ1v) is 6.70. The molecule has 0 atom stereocenters. The van der Waals surface area contributed by atoms with Gasteiger partial charge < -0.3 is 4.74 Å². The Labute approximate surface area is 105 Å². The van der Waals surface area contributed by atoms with Crippen molar-refractivity contribution in [1.29, 1.82) is 0 Å². The molecule has 18 heavy (non-hydrogen) atoms. The topological polar surface area (TPSA) is 84.1 Å². The summed E-state index contributed by atoms with van der Waals surface area (Å²) < 4.78 is 31.3. The second-order valence-electron chi connectivity index (χ2n) is 3.66. The highest BCUT2D eigenvalue weighted by atomic mass is 32.2. The van der Waals surface area contributed by atoms with Crippen LogP contribution < -0.4 is 4.72 Å². The molecule has 1 heterocycles. The third kappa shape index (κ3) is 2.88. The number of ether oxygens (including phenoxy) is 1. The van der Waals surface area contributed by atoms with Gasteiger partial charge in [0.1, 0.15) is 0 Å². The van der Waals surface area contributed by atoms with E-state index in [2.05, 4.69) is 14.9 Å². The quantitative estimate of drug-likeness (QED) is 0.856. The Hall–Kier alpha value is -1.86. The lowest BCUT2D eigenvalue weighted by molar-refractivity contribution is 0.185. The van der Waals surface area contributed by atoms with Crippen LogP contribution in [0.4, 0.5) is 5.69 Å². The number of aromatic amines is 1. The predicted molar refractivity (Wildman–Crippen MR) is 66.6 cm³/mol. The van der Waals surface area contributed by atoms with Crippen LogP contribution in [0.3, 0.4) is 0 Å². The summed E-state index contributed by atoms with van der Waals surface area (Å²) in [7, 11) is -2.03. The van der Waals surface area contributed by atoms with E-state index in [4.69, 9.17) is 4.74 Å². The Bertz CT molecular complexity index is 608. The molecule has 0 aliphatic carbocycles. The maximum absolute atomic E-state index is 11.9. The highest BCUT2D eigenvalue weighted by Crippen LogP contribution is 2.15. The normalized spacial score (nSPS) is 11.4. The first kappa shape index (κ1) is 12.6. The monoisotopic (exact) mass is 267 g/mol. The lowest BCUT2D eigenvalue weighted by Gasteiger charge is -2.07. The zero-order valence-corrected chi connectivity index (χ0v) is 10.6. The third-order valence-corrected chi connectivity index (χ3v) is 3.57. The van der Waals surface area contributed by atoms with Gasteiger partial charge in [-0.25, -0.2) is 0 Å². The second-order valence-corrected chi connectivity index (χ2v) is 5.31. The minimum atomic E-state index is -3.61. The van der Waals surface area contributed by atoms with Crippen molar-refractivity contribution in [2.45, 2.75) is 11.6 Å². The van der Waals surface area contributed by atoms with Gasteiger partial charge in [-0.05, 0) is 23.8 Å². The van der Waals surface area contributed by atoms with Crippen molar-refractivity contribution >= 4 is 15.7 Å². The summed E-state index contributed by atoms with van der Waals surface area (Å²) in [5.41, 5.74) is 1.38. The molecule has 7 heteroatoms. The maximum Gasteiger partial charge on any atom is 0.278 e. The largest absolute Gasteiger partial charge is 0.380 e. The van der Waals surface area contributed by atoms with Gasteiger partial charge in [0.2, 0.25) is 0 Å². The zero-order valence-electron chi connectivity index (χ0n) is 9.75. The second kappa shape index (κ2) is 5.19. The lowest BCUT2D eigenvalue weighted by Crippen LogP contribution is -2.13. The van der Waals surface area contributed by atoms with Crippen molar-refractivity contribution in [2.24, 2.45) is 0 Å². The molecule has 0 spiro atoms. The molecule has 0 radical (unpaired) electrons. The fraction of sp³-hybridized carbons (Fsp3) is 0.182. The Morgan fingerprint density at radius 3 is 2.89 bits per heavy atom. The number of H-pyrrole nitrogens is 1. The van der Waals surface area contributed by atoms with Crippen LogP contribution in [0.1, 0.15) is 5.56 Å². The molecule has 0 aliphatic heterocycles. The van der Waals surface area contributed by atoms with E-state index in [9.17, 15) is 8.42 Å². The number of hydrogen-bond acceptors (Lipinski definition) is 4. The summed E-state index contributed by atoms with van der Waals surface area (Å²) >= 11 is 0. The minimum absolute atomic E-state index is 0.0274. The standard InChI is InChI=1S/C11H13N3O3S/c1-17-8-9-3-2-4-10(7-9)14-18(15,16)11-5-6-12-13-11/h2-7,14H,8H2,1H3,(H,12,13). The Balaban J connectivity index is 2.21. The van der Waals surface area contributed by atoms with E-state index >= 15 is 0 Å². The SMILES string of the molecule is COCc1cccc(NS(=O)(=O)c2ccn[nH]2)c1. The number of rotatable bonds is 5. The van der Waals surface area contributed by atoms with Gasteiger partial charge in [-0.3, -0.25) is 9.82 Å². The average molecular weight is 267 g/mol. The van der Waals surface area contributed by atoms with Crippen LogP contribution in [-0.2, 0) is 21.4 Å². The molecule has 96 valence electrons. The van der Waals surface area contributed by atoms with Crippen LogP contribution in [0, 0.1) is 0 Å². The molecule has 0 saturated carbocycles. The highest BCUT2D eigenvalue weighted by Gasteiger charge is 2.15. The summed E-state index contributed by atoms with van der Waals surface area (Å²) in [6.07, 6.45) is 1.38. The molecule has 0 amide bonds. The first-order valence-electron chi connectivity index (χ1n) is 5.22. The third-order valence-electron chi connectivity index (χ3n) is 2.25. The minimum Gasteiger partial charge on any atom is -0.380 e. The Morgan fingerprint density at radius 2 is 2.22 bits per heavy atom. The molecule has 0 aliphatic rings. The van der Waals surface area contributed by atoms with E-state index in [-0.39, 0.29) is 5.03 Å². The smallest absolute Gasteiger partial charge is 0.278 e. The number of anilines is 1. The molecule has 0 bridgehead atoms. The summed E-state index contributed by atoms with van der Waals surface area (Å²) in [5, 5.41) is 6.05. The van der Waals surface area contributed by atoms with Crippen molar-refractivity contribution in [2.75, 3.05) is 11.8 Å². The molecule has 0 unspecified atom stereocenters. The number of methoxy groups -OCH3 is 1. The summed E-state index contributed by atoms with van der Waals surface area (Å²) in [4.78, 5) is 0. The van der Waals surface area contributed by atoms with Crippen LogP contribution in [0.15, 0.2) is 41.6 Å². The predicted octanol–water partition coefficient (Wildman–Crippen LogP) is 1.36. The first-order chi connectivity index (χ1) is 8.62. The summed E-state index contributed by atoms with van der Waals surface area (Å²) in [6, 6.07) is 8.41. The van der Waals surface area contributed by atoms with Crippen LogP contribution in [0.2, 0.25) is 0 Å². The van der Waals surface area contributed by atoms with Crippen molar-refractivity contribution in [3.05, 3.63) is 42.1 Å². The van der Waals surface area contributed by atoms with Crippen molar-refractivity contribution in [3.8, 4) is 0 Å². The number of nitrogens with zero attached hydrogens (tertiary/aromatic N) is 1. The molecular formula is C11H13N3O3S. The van der Waals surface area contributed by atoms with E-state index in [1.807, 2.05) is 6.07 Å². The fourth-order valence-electron chi connectivity index (χ4n) is 1.49. The van der Waals surface area contributed by atoms with Gasteiger partial charge in [-0.15, -0.1) is 0 Å². The van der Waals surface area contributed by atoms with Crippen LogP contribution in [-0.4, -0.2) is 25.7 Å². The van der Waals surface area contributed by atoms with Gasteiger partial charge in [0, 0.05) is 12.8 Å². The molecule has 1 aromatic carbocycles. The Kier molecular flexibility index (Phi) is 3.63. The van der Waals surface area contributed by atoms with E-state index in [1.165, 1.54) is 12.3 Å². The summed E-state index contributed by atoms with van der Waals surface area (Å²) in [6.45, 7) is 0.430. The van der Waals surface area contributed by atoms with Gasteiger partial charge in [-0.2, -0.15) is 13.5 Å². The maximum atomic E-state index is 11.9. The van der Waals surface area contributed by atoms with Gasteiger partial charge in [-0.1, -0.05) is 12.1 Å². The Morgan fingerprint density at radius 1 is 1.39 bits per heavy atom. The van der Waals surface area contributed by atoms with E-state index < -0.39 is 10.0 Å². The van der Waals surface area contributed by atoms with Crippen LogP contribution in [0.5, 0.6) is 0 Å². The van der Waals surface area contributed by atoms with E-state index in [0.717, 1.165) is 5.56 Å². The molecule has 2 N–H and O–H groups in total. The van der Waals surface area contributed by atoms with E-state index in [0.29, 0.717) is 12.3 Å². The molecule has 2 rings (SSSR count). The van der Waals surface area contributed by atoms with Gasteiger partial charge in [0.05, 0.1) is 12.8 Å². The number of nitrogens with one attached hydrogen (secondary N) is 2. The molecule has 0 saturated heterocycles. The fourth-order valence-corrected chi connectivity index (χ4v) is 2.45. The van der Waals surface area contributed by atoms with E-state index in [1.54, 1.807) is 25.3 Å². The van der Waals surface area contributed by atoms with Gasteiger partial charge >= 0.3 is 0 Å². The molecule has 1 aromatic heterocycles. The summed E-state index contributed by atoms with van der Waals surface area (Å²) in [5.74, 6) is 0. The van der Waals surface area contributed by atoms with Gasteiger partial charge in [0.25, 0.3) is 10.0 Å². The number of aromatic nitrogens is 2. The molecule has 0 fully saturated rings. The van der Waals surface area contributed by atoms with Gasteiger partial charge in [0.15, 0.2) is 5.03 Å². The van der Waals surface area contributed by atoms with Crippen LogP contribution >= 0.6 is 0 Å². The number of sulfonamides is 1. The zero-order chi connectivity index (χ0) is 13.0. The molecule has 2 aromatic rings. The highest BCUT2D eigenvalue weighted by molar-refractivity contribution is 7.92. The lowest BCUT2D eigenvalue weighted by atomic mass is 10.2. The number of benzene rings is 1. The molecule has 6 nitrogen and oxygen atoms in total. The molecular weight excluding hydrogens is 254 g/mol. The number of hydrogen-bond donors (Lipinski definition) is 2. The van der Waals surface area contributed by atoms with Crippen molar-refractivity contribution in [1.82, 2.24) is 10.2 Å². The van der Waals surface area contributed by atoms with Crippen LogP contribution in [0.25, 0.3) is 0 Å². The van der Waals surface area contributed by atoms with Crippen molar-refractivity contribution < 1.29 is 13.2 Å².